The number of nitrogens with one attached hydrogen (secondary N) is 2. The number of amides is 1. The number of nitrogens with zero attached hydrogens (tertiary/aromatic N) is 4. The molecule has 2 aromatic heterocycles. The molecule has 3 rings (SSSR count). The third kappa shape index (κ3) is 2.57. The Morgan fingerprint density at radius 2 is 2.20 bits per heavy atom. The number of anilines is 1. The van der Waals surface area contributed by atoms with Crippen molar-refractivity contribution >= 4 is 17.5 Å². The summed E-state index contributed by atoms with van der Waals surface area (Å²) in [6, 6.07) is 5.80. The van der Waals surface area contributed by atoms with Gasteiger partial charge in [0, 0.05) is 31.9 Å². The molecular weight excluding hydrogens is 256 g/mol. The van der Waals surface area contributed by atoms with Crippen LogP contribution in [-0.4, -0.2) is 58.1 Å². The number of rotatable bonds is 3. The van der Waals surface area contributed by atoms with Crippen LogP contribution in [0.2, 0.25) is 0 Å². The van der Waals surface area contributed by atoms with Gasteiger partial charge in [0.2, 0.25) is 11.9 Å². The highest BCUT2D eigenvalue weighted by Crippen LogP contribution is 2.07. The van der Waals surface area contributed by atoms with Crippen LogP contribution in [0.1, 0.15) is 5.69 Å². The Bertz CT molecular complexity index is 616. The van der Waals surface area contributed by atoms with E-state index in [4.69, 9.17) is 0 Å². The van der Waals surface area contributed by atoms with Crippen molar-refractivity contribution in [2.45, 2.75) is 6.92 Å². The van der Waals surface area contributed by atoms with Crippen LogP contribution in [0.25, 0.3) is 5.65 Å². The van der Waals surface area contributed by atoms with Gasteiger partial charge in [-0.3, -0.25) is 4.79 Å². The predicted molar refractivity (Wildman–Crippen MR) is 75.7 cm³/mol. The van der Waals surface area contributed by atoms with Crippen LogP contribution in [-0.2, 0) is 4.79 Å². The van der Waals surface area contributed by atoms with Crippen LogP contribution in [0.15, 0.2) is 18.2 Å². The van der Waals surface area contributed by atoms with Crippen LogP contribution >= 0.6 is 0 Å². The summed E-state index contributed by atoms with van der Waals surface area (Å²) in [5.74, 6) is 0.574. The predicted octanol–water partition coefficient (Wildman–Crippen LogP) is -0.119. The van der Waals surface area contributed by atoms with E-state index in [1.165, 1.54) is 0 Å². The molecule has 0 bridgehead atoms. The standard InChI is InChI=1S/C13H18N6O/c1-10-3-2-4-11-16-13(17-19(10)11)15-9-12(20)18-7-5-14-6-8-18/h2-4,14H,5-9H2,1H3,(H,15,17). The van der Waals surface area contributed by atoms with Crippen molar-refractivity contribution in [2.24, 2.45) is 0 Å². The smallest absolute Gasteiger partial charge is 0.243 e. The van der Waals surface area contributed by atoms with Gasteiger partial charge in [-0.05, 0) is 19.1 Å². The van der Waals surface area contributed by atoms with Gasteiger partial charge in [-0.1, -0.05) is 6.07 Å². The van der Waals surface area contributed by atoms with Crippen molar-refractivity contribution in [1.29, 1.82) is 0 Å². The number of hydrogen-bond acceptors (Lipinski definition) is 5. The van der Waals surface area contributed by atoms with E-state index >= 15 is 0 Å². The zero-order chi connectivity index (χ0) is 13.9. The molecule has 0 atom stereocenters. The molecule has 20 heavy (non-hydrogen) atoms. The summed E-state index contributed by atoms with van der Waals surface area (Å²) in [6.07, 6.45) is 0. The number of carbonyl (C=O) groups excluding carboxylic acids is 1. The van der Waals surface area contributed by atoms with Gasteiger partial charge >= 0.3 is 0 Å². The molecule has 2 N–H and O–H groups in total. The Balaban J connectivity index is 1.64. The number of aromatic nitrogens is 3. The second-order valence-corrected chi connectivity index (χ2v) is 4.86. The molecule has 7 heteroatoms. The summed E-state index contributed by atoms with van der Waals surface area (Å²) in [4.78, 5) is 18.2. The molecule has 106 valence electrons. The molecule has 1 aliphatic heterocycles. The highest BCUT2D eigenvalue weighted by Gasteiger charge is 2.16. The molecule has 0 aromatic carbocycles. The molecule has 1 amide bonds. The maximum Gasteiger partial charge on any atom is 0.243 e. The molecule has 1 fully saturated rings. The minimum absolute atomic E-state index is 0.0853. The van der Waals surface area contributed by atoms with Crippen LogP contribution in [0.5, 0.6) is 0 Å². The van der Waals surface area contributed by atoms with E-state index < -0.39 is 0 Å². The van der Waals surface area contributed by atoms with Gasteiger partial charge in [0.05, 0.1) is 6.54 Å². The molecule has 3 heterocycles. The van der Waals surface area contributed by atoms with Gasteiger partial charge < -0.3 is 15.5 Å². The van der Waals surface area contributed by atoms with E-state index in [-0.39, 0.29) is 12.5 Å². The quantitative estimate of drug-likeness (QED) is 0.816. The molecule has 1 aliphatic rings. The lowest BCUT2D eigenvalue weighted by molar-refractivity contribution is -0.129. The van der Waals surface area contributed by atoms with Gasteiger partial charge in [0.25, 0.3) is 0 Å². The van der Waals surface area contributed by atoms with E-state index in [0.717, 1.165) is 37.5 Å². The first-order chi connectivity index (χ1) is 9.74. The van der Waals surface area contributed by atoms with E-state index in [2.05, 4.69) is 20.7 Å². The van der Waals surface area contributed by atoms with Crippen LogP contribution < -0.4 is 10.6 Å². The molecule has 7 nitrogen and oxygen atoms in total. The highest BCUT2D eigenvalue weighted by molar-refractivity contribution is 5.80. The molecular formula is C13H18N6O. The van der Waals surface area contributed by atoms with Crippen molar-refractivity contribution in [3.8, 4) is 0 Å². The monoisotopic (exact) mass is 274 g/mol. The minimum atomic E-state index is 0.0853. The summed E-state index contributed by atoms with van der Waals surface area (Å²) in [5.41, 5.74) is 1.79. The molecule has 1 saturated heterocycles. The number of fused-ring (bicyclic) bond motifs is 1. The Labute approximate surface area is 117 Å². The summed E-state index contributed by atoms with van der Waals surface area (Å²) >= 11 is 0. The molecule has 0 spiro atoms. The van der Waals surface area contributed by atoms with Crippen molar-refractivity contribution in [1.82, 2.24) is 24.8 Å². The molecule has 0 saturated carbocycles. The molecule has 0 radical (unpaired) electrons. The Hall–Kier alpha value is -2.15. The second kappa shape index (κ2) is 5.46. The maximum absolute atomic E-state index is 12.0. The van der Waals surface area contributed by atoms with E-state index in [1.807, 2.05) is 30.0 Å². The normalized spacial score (nSPS) is 15.6. The zero-order valence-corrected chi connectivity index (χ0v) is 11.5. The first-order valence-electron chi connectivity index (χ1n) is 6.79. The number of hydrogen-bond donors (Lipinski definition) is 2. The average Bonchev–Trinajstić information content (AvgIpc) is 2.90. The first kappa shape index (κ1) is 12.9. The van der Waals surface area contributed by atoms with Gasteiger partial charge in [0.15, 0.2) is 5.65 Å². The molecule has 0 unspecified atom stereocenters. The summed E-state index contributed by atoms with van der Waals surface area (Å²) < 4.78 is 1.76. The Kier molecular flexibility index (Phi) is 3.51. The van der Waals surface area contributed by atoms with Crippen molar-refractivity contribution in [3.05, 3.63) is 23.9 Å². The van der Waals surface area contributed by atoms with Gasteiger partial charge in [-0.25, -0.2) is 4.52 Å². The van der Waals surface area contributed by atoms with E-state index in [9.17, 15) is 4.79 Å². The lowest BCUT2D eigenvalue weighted by Gasteiger charge is -2.27. The van der Waals surface area contributed by atoms with Gasteiger partial charge in [-0.15, -0.1) is 5.10 Å². The van der Waals surface area contributed by atoms with Crippen LogP contribution in [0.4, 0.5) is 5.95 Å². The summed E-state index contributed by atoms with van der Waals surface area (Å²) in [6.45, 7) is 5.44. The third-order valence-corrected chi connectivity index (χ3v) is 3.42. The van der Waals surface area contributed by atoms with Crippen molar-refractivity contribution < 1.29 is 4.79 Å². The highest BCUT2D eigenvalue weighted by atomic mass is 16.2. The third-order valence-electron chi connectivity index (χ3n) is 3.42. The fourth-order valence-corrected chi connectivity index (χ4v) is 2.29. The van der Waals surface area contributed by atoms with E-state index in [1.54, 1.807) is 4.52 Å². The topological polar surface area (TPSA) is 74.6 Å². The molecule has 0 aliphatic carbocycles. The first-order valence-corrected chi connectivity index (χ1v) is 6.79. The SMILES string of the molecule is Cc1cccc2nc(NCC(=O)N3CCNCC3)nn12. The zero-order valence-electron chi connectivity index (χ0n) is 11.5. The largest absolute Gasteiger partial charge is 0.344 e. The van der Waals surface area contributed by atoms with Gasteiger partial charge in [-0.2, -0.15) is 4.98 Å². The lowest BCUT2D eigenvalue weighted by Crippen LogP contribution is -2.48. The average molecular weight is 274 g/mol. The number of carbonyl (C=O) groups is 1. The lowest BCUT2D eigenvalue weighted by atomic mass is 10.3. The Morgan fingerprint density at radius 3 is 2.95 bits per heavy atom. The summed E-state index contributed by atoms with van der Waals surface area (Å²) in [5, 5.41) is 10.6. The van der Waals surface area contributed by atoms with E-state index in [0.29, 0.717) is 5.95 Å². The van der Waals surface area contributed by atoms with Gasteiger partial charge in [0.1, 0.15) is 0 Å². The molecule has 2 aromatic rings. The summed E-state index contributed by atoms with van der Waals surface area (Å²) in [7, 11) is 0. The van der Waals surface area contributed by atoms with Crippen LogP contribution in [0.3, 0.4) is 0 Å². The van der Waals surface area contributed by atoms with Crippen LogP contribution in [0, 0.1) is 6.92 Å². The number of aryl methyl sites for hydroxylation is 1. The maximum atomic E-state index is 12.0. The Morgan fingerprint density at radius 1 is 1.40 bits per heavy atom. The number of pyridine rings is 1. The van der Waals surface area contributed by atoms with Crippen molar-refractivity contribution in [2.75, 3.05) is 38.0 Å². The second-order valence-electron chi connectivity index (χ2n) is 4.86. The number of piperazine rings is 1. The minimum Gasteiger partial charge on any atom is -0.344 e. The van der Waals surface area contributed by atoms with Crippen molar-refractivity contribution in [3.63, 3.8) is 0 Å². The fraction of sp³-hybridized carbons (Fsp3) is 0.462. The fourth-order valence-electron chi connectivity index (χ4n) is 2.29.